The summed E-state index contributed by atoms with van der Waals surface area (Å²) in [4.78, 5) is 22.4. The van der Waals surface area contributed by atoms with Crippen LogP contribution < -0.4 is 16.0 Å². The van der Waals surface area contributed by atoms with Crippen LogP contribution in [0.25, 0.3) is 0 Å². The third-order valence-electron chi connectivity index (χ3n) is 2.54. The van der Waals surface area contributed by atoms with E-state index in [1.807, 2.05) is 0 Å². The molecule has 5 heteroatoms. The summed E-state index contributed by atoms with van der Waals surface area (Å²) < 4.78 is 0. The normalized spacial score (nSPS) is 19.9. The van der Waals surface area contributed by atoms with Crippen LogP contribution in [0, 0.1) is 0 Å². The summed E-state index contributed by atoms with van der Waals surface area (Å²) in [6.45, 7) is 1.50. The molecule has 0 spiro atoms. The first-order valence-corrected chi connectivity index (χ1v) is 5.45. The van der Waals surface area contributed by atoms with Crippen molar-refractivity contribution in [2.45, 2.75) is 31.7 Å². The molecule has 0 radical (unpaired) electrons. The van der Waals surface area contributed by atoms with E-state index in [9.17, 15) is 9.59 Å². The van der Waals surface area contributed by atoms with Gasteiger partial charge in [0.05, 0.1) is 6.04 Å². The topological polar surface area (TPSA) is 70.2 Å². The second-order valence-electron chi connectivity index (χ2n) is 3.72. The van der Waals surface area contributed by atoms with E-state index in [4.69, 9.17) is 0 Å². The lowest BCUT2D eigenvalue weighted by Gasteiger charge is -2.10. The molecule has 2 amide bonds. The first-order valence-electron chi connectivity index (χ1n) is 5.45. The highest BCUT2D eigenvalue weighted by Crippen LogP contribution is 2.04. The predicted molar refractivity (Wildman–Crippen MR) is 57.3 cm³/mol. The maximum absolute atomic E-state index is 11.5. The average molecular weight is 213 g/mol. The molecule has 0 aromatic rings. The lowest BCUT2D eigenvalue weighted by Crippen LogP contribution is -2.40. The van der Waals surface area contributed by atoms with Crippen LogP contribution in [0.5, 0.6) is 0 Å². The zero-order valence-electron chi connectivity index (χ0n) is 9.14. The third kappa shape index (κ3) is 4.29. The SMILES string of the molecule is CNC(=O)CCCNC(=O)C1CCCN1. The van der Waals surface area contributed by atoms with Gasteiger partial charge >= 0.3 is 0 Å². The molecule has 0 saturated carbocycles. The largest absolute Gasteiger partial charge is 0.359 e. The molecule has 0 aromatic carbocycles. The molecule has 1 aliphatic heterocycles. The van der Waals surface area contributed by atoms with Crippen molar-refractivity contribution in [3.63, 3.8) is 0 Å². The highest BCUT2D eigenvalue weighted by molar-refractivity contribution is 5.82. The van der Waals surface area contributed by atoms with Crippen molar-refractivity contribution in [2.24, 2.45) is 0 Å². The number of carbonyl (C=O) groups is 2. The molecule has 3 N–H and O–H groups in total. The number of carbonyl (C=O) groups excluding carboxylic acids is 2. The fourth-order valence-corrected chi connectivity index (χ4v) is 1.62. The Labute approximate surface area is 90.0 Å². The van der Waals surface area contributed by atoms with Crippen LogP contribution in [-0.2, 0) is 9.59 Å². The summed E-state index contributed by atoms with van der Waals surface area (Å²) in [5, 5.41) is 8.49. The van der Waals surface area contributed by atoms with Gasteiger partial charge in [-0.05, 0) is 25.8 Å². The van der Waals surface area contributed by atoms with Crippen LogP contribution in [-0.4, -0.2) is 38.0 Å². The lowest BCUT2D eigenvalue weighted by atomic mass is 10.2. The molecule has 1 saturated heterocycles. The van der Waals surface area contributed by atoms with Gasteiger partial charge in [0.15, 0.2) is 0 Å². The molecule has 1 atom stereocenters. The van der Waals surface area contributed by atoms with Gasteiger partial charge in [-0.25, -0.2) is 0 Å². The Kier molecular flexibility index (Phi) is 5.10. The van der Waals surface area contributed by atoms with Crippen molar-refractivity contribution in [1.82, 2.24) is 16.0 Å². The Morgan fingerprint density at radius 1 is 1.47 bits per heavy atom. The van der Waals surface area contributed by atoms with Crippen LogP contribution in [0.3, 0.4) is 0 Å². The van der Waals surface area contributed by atoms with Crippen molar-refractivity contribution < 1.29 is 9.59 Å². The molecule has 5 nitrogen and oxygen atoms in total. The van der Waals surface area contributed by atoms with E-state index in [1.165, 1.54) is 0 Å². The zero-order chi connectivity index (χ0) is 11.1. The lowest BCUT2D eigenvalue weighted by molar-refractivity contribution is -0.123. The quantitative estimate of drug-likeness (QED) is 0.533. The molecule has 1 rings (SSSR count). The number of hydrogen-bond donors (Lipinski definition) is 3. The first kappa shape index (κ1) is 12.0. The monoisotopic (exact) mass is 213 g/mol. The van der Waals surface area contributed by atoms with Crippen LogP contribution in [0.4, 0.5) is 0 Å². The highest BCUT2D eigenvalue weighted by atomic mass is 16.2. The number of rotatable bonds is 5. The second kappa shape index (κ2) is 6.40. The Morgan fingerprint density at radius 3 is 2.87 bits per heavy atom. The average Bonchev–Trinajstić information content (AvgIpc) is 2.77. The first-order chi connectivity index (χ1) is 7.24. The minimum Gasteiger partial charge on any atom is -0.359 e. The van der Waals surface area contributed by atoms with Crippen LogP contribution in [0.15, 0.2) is 0 Å². The van der Waals surface area contributed by atoms with Crippen molar-refractivity contribution in [1.29, 1.82) is 0 Å². The fourth-order valence-electron chi connectivity index (χ4n) is 1.62. The highest BCUT2D eigenvalue weighted by Gasteiger charge is 2.21. The molecule has 15 heavy (non-hydrogen) atoms. The van der Waals surface area contributed by atoms with Crippen molar-refractivity contribution in [3.8, 4) is 0 Å². The Balaban J connectivity index is 2.04. The molecular formula is C10H19N3O2. The smallest absolute Gasteiger partial charge is 0.237 e. The minimum absolute atomic E-state index is 0.0169. The van der Waals surface area contributed by atoms with Gasteiger partial charge < -0.3 is 16.0 Å². The summed E-state index contributed by atoms with van der Waals surface area (Å²) in [5.41, 5.74) is 0. The van der Waals surface area contributed by atoms with Crippen molar-refractivity contribution in [2.75, 3.05) is 20.1 Å². The van der Waals surface area contributed by atoms with E-state index >= 15 is 0 Å². The maximum Gasteiger partial charge on any atom is 0.237 e. The number of amides is 2. The van der Waals surface area contributed by atoms with E-state index in [1.54, 1.807) is 7.05 Å². The zero-order valence-corrected chi connectivity index (χ0v) is 9.14. The van der Waals surface area contributed by atoms with Gasteiger partial charge in [0, 0.05) is 20.0 Å². The number of nitrogens with one attached hydrogen (secondary N) is 3. The summed E-state index contributed by atoms with van der Waals surface area (Å²) in [6, 6.07) is -0.0231. The van der Waals surface area contributed by atoms with E-state index in [-0.39, 0.29) is 17.9 Å². The molecule has 1 fully saturated rings. The second-order valence-corrected chi connectivity index (χ2v) is 3.72. The van der Waals surface area contributed by atoms with Crippen LogP contribution in [0.1, 0.15) is 25.7 Å². The molecule has 0 aliphatic carbocycles. The molecule has 0 aromatic heterocycles. The Hall–Kier alpha value is -1.10. The van der Waals surface area contributed by atoms with Crippen LogP contribution >= 0.6 is 0 Å². The third-order valence-corrected chi connectivity index (χ3v) is 2.54. The van der Waals surface area contributed by atoms with E-state index < -0.39 is 0 Å². The van der Waals surface area contributed by atoms with E-state index in [2.05, 4.69) is 16.0 Å². The van der Waals surface area contributed by atoms with Gasteiger partial charge in [-0.3, -0.25) is 9.59 Å². The molecule has 1 heterocycles. The van der Waals surface area contributed by atoms with Gasteiger partial charge in [0.2, 0.25) is 11.8 Å². The van der Waals surface area contributed by atoms with Crippen molar-refractivity contribution in [3.05, 3.63) is 0 Å². The fraction of sp³-hybridized carbons (Fsp3) is 0.800. The Morgan fingerprint density at radius 2 is 2.27 bits per heavy atom. The minimum atomic E-state index is -0.0231. The number of hydrogen-bond acceptors (Lipinski definition) is 3. The Bertz CT molecular complexity index is 225. The maximum atomic E-state index is 11.5. The summed E-state index contributed by atoms with van der Waals surface area (Å²) >= 11 is 0. The van der Waals surface area contributed by atoms with E-state index in [0.29, 0.717) is 19.4 Å². The molecule has 1 unspecified atom stereocenters. The molecule has 86 valence electrons. The standard InChI is InChI=1S/C10H19N3O2/c1-11-9(14)5-3-7-13-10(15)8-4-2-6-12-8/h8,12H,2-7H2,1H3,(H,11,14)(H,13,15). The summed E-state index contributed by atoms with van der Waals surface area (Å²) in [7, 11) is 1.61. The molecular weight excluding hydrogens is 194 g/mol. The van der Waals surface area contributed by atoms with Gasteiger partial charge in [-0.15, -0.1) is 0 Å². The molecule has 1 aliphatic rings. The van der Waals surface area contributed by atoms with Gasteiger partial charge in [0.1, 0.15) is 0 Å². The summed E-state index contributed by atoms with van der Waals surface area (Å²) in [5.74, 6) is 0.0765. The summed E-state index contributed by atoms with van der Waals surface area (Å²) in [6.07, 6.45) is 3.14. The molecule has 0 bridgehead atoms. The van der Waals surface area contributed by atoms with Crippen LogP contribution in [0.2, 0.25) is 0 Å². The predicted octanol–water partition coefficient (Wildman–Crippen LogP) is -0.619. The van der Waals surface area contributed by atoms with Crippen molar-refractivity contribution >= 4 is 11.8 Å². The van der Waals surface area contributed by atoms with Gasteiger partial charge in [0.25, 0.3) is 0 Å². The van der Waals surface area contributed by atoms with Gasteiger partial charge in [-0.2, -0.15) is 0 Å². The van der Waals surface area contributed by atoms with Gasteiger partial charge in [-0.1, -0.05) is 0 Å². The van der Waals surface area contributed by atoms with E-state index in [0.717, 1.165) is 19.4 Å².